The summed E-state index contributed by atoms with van der Waals surface area (Å²) in [6.45, 7) is 12.8. The van der Waals surface area contributed by atoms with Crippen molar-refractivity contribution in [1.29, 1.82) is 0 Å². The van der Waals surface area contributed by atoms with E-state index in [1.54, 1.807) is 13.2 Å². The Balaban J connectivity index is 1.54. The number of hydrogen-bond acceptors (Lipinski definition) is 5. The topological polar surface area (TPSA) is 64.0 Å². The number of piperidine rings is 1. The van der Waals surface area contributed by atoms with Crippen LogP contribution in [0.15, 0.2) is 30.3 Å². The molecule has 2 aliphatic heterocycles. The van der Waals surface area contributed by atoms with Crippen LogP contribution < -0.4 is 9.47 Å². The second-order valence-electron chi connectivity index (χ2n) is 11.1. The van der Waals surface area contributed by atoms with Gasteiger partial charge in [0, 0.05) is 42.9 Å². The normalized spacial score (nSPS) is 18.0. The maximum Gasteiger partial charge on any atom is 0.253 e. The van der Waals surface area contributed by atoms with Gasteiger partial charge in [-0.15, -0.1) is 0 Å². The largest absolute Gasteiger partial charge is 0.493 e. The highest BCUT2D eigenvalue weighted by Crippen LogP contribution is 2.42. The van der Waals surface area contributed by atoms with Gasteiger partial charge in [-0.3, -0.25) is 14.5 Å². The Morgan fingerprint density at radius 1 is 0.971 bits per heavy atom. The van der Waals surface area contributed by atoms with Crippen molar-refractivity contribution < 1.29 is 19.1 Å². The van der Waals surface area contributed by atoms with Crippen LogP contribution in [0.1, 0.15) is 74.0 Å². The minimum absolute atomic E-state index is 0.00620. The van der Waals surface area contributed by atoms with Crippen LogP contribution in [-0.2, 0) is 12.1 Å². The first-order valence-electron chi connectivity index (χ1n) is 12.6. The minimum Gasteiger partial charge on any atom is -0.493 e. The number of aromatic nitrogens is 1. The number of fused-ring (bicyclic) bond motifs is 2. The van der Waals surface area contributed by atoms with Crippen LogP contribution >= 0.6 is 0 Å². The Morgan fingerprint density at radius 2 is 1.66 bits per heavy atom. The summed E-state index contributed by atoms with van der Waals surface area (Å²) in [5, 5.41) is 0. The van der Waals surface area contributed by atoms with Crippen molar-refractivity contribution in [2.24, 2.45) is 5.41 Å². The van der Waals surface area contributed by atoms with Crippen molar-refractivity contribution in [2.45, 2.75) is 65.6 Å². The maximum absolute atomic E-state index is 13.4. The summed E-state index contributed by atoms with van der Waals surface area (Å²) < 4.78 is 13.5. The lowest BCUT2D eigenvalue weighted by Gasteiger charge is -2.50. The van der Waals surface area contributed by atoms with E-state index >= 15 is 0 Å². The van der Waals surface area contributed by atoms with Crippen molar-refractivity contribution in [3.05, 3.63) is 47.3 Å². The molecule has 0 atom stereocenters. The molecule has 3 heterocycles. The number of likely N-dealkylation sites (tertiary alicyclic amines) is 1. The molecule has 7 heteroatoms. The predicted octanol–water partition coefficient (Wildman–Crippen LogP) is 4.59. The molecule has 1 aromatic heterocycles. The van der Waals surface area contributed by atoms with Crippen molar-refractivity contribution in [3.8, 4) is 11.5 Å². The number of benzene rings is 1. The van der Waals surface area contributed by atoms with Gasteiger partial charge in [0.1, 0.15) is 0 Å². The molecule has 1 aromatic carbocycles. The van der Waals surface area contributed by atoms with Gasteiger partial charge in [-0.2, -0.15) is 0 Å². The zero-order chi connectivity index (χ0) is 25.5. The van der Waals surface area contributed by atoms with Crippen LogP contribution in [0.3, 0.4) is 0 Å². The number of ketones is 1. The van der Waals surface area contributed by atoms with E-state index in [4.69, 9.17) is 9.47 Å². The summed E-state index contributed by atoms with van der Waals surface area (Å²) in [4.78, 5) is 30.8. The number of methoxy groups -OCH3 is 1. The van der Waals surface area contributed by atoms with Crippen LogP contribution in [-0.4, -0.2) is 66.0 Å². The fraction of sp³-hybridized carbons (Fsp3) is 0.571. The lowest BCUT2D eigenvalue weighted by atomic mass is 9.81. The third-order valence-corrected chi connectivity index (χ3v) is 7.41. The molecule has 0 radical (unpaired) electrons. The van der Waals surface area contributed by atoms with Gasteiger partial charge in [-0.25, -0.2) is 0 Å². The third kappa shape index (κ3) is 4.58. The van der Waals surface area contributed by atoms with Crippen LogP contribution in [0.2, 0.25) is 0 Å². The lowest BCUT2D eigenvalue weighted by Crippen LogP contribution is -2.56. The molecule has 2 aromatic rings. The summed E-state index contributed by atoms with van der Waals surface area (Å²) >= 11 is 0. The van der Waals surface area contributed by atoms with Crippen LogP contribution in [0.5, 0.6) is 11.5 Å². The van der Waals surface area contributed by atoms with Gasteiger partial charge < -0.3 is 18.9 Å². The number of ether oxygens (including phenoxy) is 2. The van der Waals surface area contributed by atoms with E-state index in [-0.39, 0.29) is 23.3 Å². The molecule has 4 rings (SSSR count). The van der Waals surface area contributed by atoms with Crippen LogP contribution in [0, 0.1) is 5.41 Å². The van der Waals surface area contributed by atoms with E-state index in [0.717, 1.165) is 31.6 Å². The zero-order valence-electron chi connectivity index (χ0n) is 22.2. The van der Waals surface area contributed by atoms with Gasteiger partial charge in [0.15, 0.2) is 17.3 Å². The number of likely N-dealkylation sites (N-methyl/N-ethyl adjacent to an activating group) is 1. The first kappa shape index (κ1) is 25.3. The molecule has 0 N–H and O–H groups in total. The highest BCUT2D eigenvalue weighted by molar-refractivity contribution is 5.98. The van der Waals surface area contributed by atoms with Gasteiger partial charge in [0.2, 0.25) is 0 Å². The number of carbonyl (C=O) groups is 2. The summed E-state index contributed by atoms with van der Waals surface area (Å²) in [7, 11) is 3.76. The van der Waals surface area contributed by atoms with Gasteiger partial charge in [0.25, 0.3) is 5.91 Å². The fourth-order valence-electron chi connectivity index (χ4n) is 5.41. The van der Waals surface area contributed by atoms with Crippen molar-refractivity contribution in [3.63, 3.8) is 0 Å². The molecule has 190 valence electrons. The second-order valence-corrected chi connectivity index (χ2v) is 11.1. The molecule has 0 aliphatic carbocycles. The smallest absolute Gasteiger partial charge is 0.253 e. The SMILES string of the molecule is COc1cc(C(=O)N2CCC3(CC2)c2ccc(C(=O)C(C)(C)C)n2CCN3C)ccc1OC(C)C. The van der Waals surface area contributed by atoms with E-state index < -0.39 is 5.41 Å². The molecule has 1 fully saturated rings. The van der Waals surface area contributed by atoms with E-state index in [1.807, 2.05) is 57.7 Å². The van der Waals surface area contributed by atoms with E-state index in [0.29, 0.717) is 30.2 Å². The van der Waals surface area contributed by atoms with Crippen LogP contribution in [0.25, 0.3) is 0 Å². The Morgan fingerprint density at radius 3 is 2.26 bits per heavy atom. The average molecular weight is 482 g/mol. The van der Waals surface area contributed by atoms with E-state index in [1.165, 1.54) is 5.69 Å². The minimum atomic E-state index is -0.418. The molecular weight excluding hydrogens is 442 g/mol. The summed E-state index contributed by atoms with van der Waals surface area (Å²) in [5.41, 5.74) is 2.01. The molecule has 35 heavy (non-hydrogen) atoms. The molecule has 7 nitrogen and oxygen atoms in total. The zero-order valence-corrected chi connectivity index (χ0v) is 22.2. The van der Waals surface area contributed by atoms with Gasteiger partial charge in [0.05, 0.1) is 24.4 Å². The molecule has 0 bridgehead atoms. The Kier molecular flexibility index (Phi) is 6.75. The molecule has 0 unspecified atom stereocenters. The number of carbonyl (C=O) groups excluding carboxylic acids is 2. The van der Waals surface area contributed by atoms with E-state index in [2.05, 4.69) is 22.6 Å². The number of nitrogens with zero attached hydrogens (tertiary/aromatic N) is 3. The maximum atomic E-state index is 13.4. The van der Waals surface area contributed by atoms with Crippen molar-refractivity contribution in [1.82, 2.24) is 14.4 Å². The third-order valence-electron chi connectivity index (χ3n) is 7.41. The first-order chi connectivity index (χ1) is 16.5. The number of amides is 1. The second kappa shape index (κ2) is 9.34. The molecule has 1 spiro atoms. The Hall–Kier alpha value is -2.80. The van der Waals surface area contributed by atoms with Gasteiger partial charge in [-0.05, 0) is 64.1 Å². The molecule has 1 amide bonds. The highest BCUT2D eigenvalue weighted by Gasteiger charge is 2.45. The lowest BCUT2D eigenvalue weighted by molar-refractivity contribution is 0.0126. The van der Waals surface area contributed by atoms with Gasteiger partial charge >= 0.3 is 0 Å². The van der Waals surface area contributed by atoms with Crippen molar-refractivity contribution in [2.75, 3.05) is 33.8 Å². The average Bonchev–Trinajstić information content (AvgIpc) is 3.25. The van der Waals surface area contributed by atoms with Gasteiger partial charge in [-0.1, -0.05) is 20.8 Å². The van der Waals surface area contributed by atoms with Crippen LogP contribution in [0.4, 0.5) is 0 Å². The molecule has 0 saturated carbocycles. The summed E-state index contributed by atoms with van der Waals surface area (Å²) in [5.74, 6) is 1.39. The molecule has 2 aliphatic rings. The summed E-state index contributed by atoms with van der Waals surface area (Å²) in [6, 6.07) is 9.52. The Bertz CT molecular complexity index is 1100. The monoisotopic (exact) mass is 481 g/mol. The molecule has 1 saturated heterocycles. The number of hydrogen-bond donors (Lipinski definition) is 0. The van der Waals surface area contributed by atoms with E-state index in [9.17, 15) is 9.59 Å². The highest BCUT2D eigenvalue weighted by atomic mass is 16.5. The van der Waals surface area contributed by atoms with Crippen molar-refractivity contribution >= 4 is 11.7 Å². The molecular formula is C28H39N3O4. The first-order valence-corrected chi connectivity index (χ1v) is 12.6. The summed E-state index contributed by atoms with van der Waals surface area (Å²) in [6.07, 6.45) is 1.68. The standard InChI is InChI=1S/C28H39N3O4/c1-19(2)35-22-10-8-20(18-23(22)34-7)26(33)30-14-12-28(13-15-30)24-11-9-21(25(32)27(3,4)5)31(24)17-16-29(28)6/h8-11,18-19H,12-17H2,1-7H3. The predicted molar refractivity (Wildman–Crippen MR) is 136 cm³/mol. The number of rotatable bonds is 5. The Labute approximate surface area is 209 Å². The quantitative estimate of drug-likeness (QED) is 0.585. The fourth-order valence-corrected chi connectivity index (χ4v) is 5.41. The number of Topliss-reactive ketones (excluding diaryl/α,β-unsaturated/α-hetero) is 1.